The summed E-state index contributed by atoms with van der Waals surface area (Å²) in [7, 11) is 0. The molecule has 6 heteroatoms. The van der Waals surface area contributed by atoms with E-state index in [1.807, 2.05) is 59.7 Å². The minimum absolute atomic E-state index is 0.0330. The van der Waals surface area contributed by atoms with Crippen molar-refractivity contribution in [3.8, 4) is 0 Å². The number of pyridine rings is 1. The molecule has 1 aromatic heterocycles. The van der Waals surface area contributed by atoms with Gasteiger partial charge in [-0.3, -0.25) is 9.59 Å². The standard InChI is InChI=1S/C23H21N3O2S/c1-29-22-20(8-5-12-24-22)21(27)25-19-10-9-16-11-13-26(15-18(16)14-19)23(28)17-6-3-2-4-7-17/h2-10,12,14H,11,13,15H2,1H3,(H,25,27). The maximum Gasteiger partial charge on any atom is 0.258 e. The van der Waals surface area contributed by atoms with Crippen LogP contribution in [0.15, 0.2) is 71.9 Å². The number of rotatable bonds is 4. The minimum atomic E-state index is -0.185. The van der Waals surface area contributed by atoms with Crippen molar-refractivity contribution in [1.29, 1.82) is 0 Å². The SMILES string of the molecule is CSc1ncccc1C(=O)Nc1ccc2c(c1)CN(C(=O)c1ccccc1)CC2. The molecule has 4 rings (SSSR count). The Labute approximate surface area is 174 Å². The second-order valence-corrected chi connectivity index (χ2v) is 7.64. The summed E-state index contributed by atoms with van der Waals surface area (Å²) >= 11 is 1.44. The van der Waals surface area contributed by atoms with Crippen molar-refractivity contribution >= 4 is 29.3 Å². The highest BCUT2D eigenvalue weighted by Gasteiger charge is 2.22. The number of nitrogens with zero attached hydrogens (tertiary/aromatic N) is 2. The summed E-state index contributed by atoms with van der Waals surface area (Å²) in [5.74, 6) is -0.152. The van der Waals surface area contributed by atoms with Gasteiger partial charge in [-0.2, -0.15) is 0 Å². The van der Waals surface area contributed by atoms with Gasteiger partial charge in [0.2, 0.25) is 0 Å². The molecule has 0 aliphatic carbocycles. The molecule has 2 amide bonds. The van der Waals surface area contributed by atoms with Crippen LogP contribution in [0.4, 0.5) is 5.69 Å². The lowest BCUT2D eigenvalue weighted by Crippen LogP contribution is -2.36. The average molecular weight is 404 g/mol. The summed E-state index contributed by atoms with van der Waals surface area (Å²) in [4.78, 5) is 31.6. The predicted molar refractivity (Wildman–Crippen MR) is 115 cm³/mol. The van der Waals surface area contributed by atoms with Crippen LogP contribution in [-0.4, -0.2) is 34.5 Å². The fourth-order valence-electron chi connectivity index (χ4n) is 3.50. The largest absolute Gasteiger partial charge is 0.334 e. The highest BCUT2D eigenvalue weighted by atomic mass is 32.2. The van der Waals surface area contributed by atoms with Crippen molar-refractivity contribution in [2.45, 2.75) is 18.0 Å². The third kappa shape index (κ3) is 4.17. The van der Waals surface area contributed by atoms with Crippen LogP contribution in [0.1, 0.15) is 31.8 Å². The molecule has 0 spiro atoms. The van der Waals surface area contributed by atoms with Crippen molar-refractivity contribution in [3.63, 3.8) is 0 Å². The Morgan fingerprint density at radius 1 is 1.03 bits per heavy atom. The Kier molecular flexibility index (Phi) is 5.62. The zero-order chi connectivity index (χ0) is 20.2. The first kappa shape index (κ1) is 19.2. The van der Waals surface area contributed by atoms with Gasteiger partial charge >= 0.3 is 0 Å². The number of thioether (sulfide) groups is 1. The zero-order valence-corrected chi connectivity index (χ0v) is 16.9. The second kappa shape index (κ2) is 8.49. The monoisotopic (exact) mass is 403 g/mol. The zero-order valence-electron chi connectivity index (χ0n) is 16.1. The number of hydrogen-bond donors (Lipinski definition) is 1. The second-order valence-electron chi connectivity index (χ2n) is 6.84. The lowest BCUT2D eigenvalue weighted by molar-refractivity contribution is 0.0734. The highest BCUT2D eigenvalue weighted by Crippen LogP contribution is 2.25. The van der Waals surface area contributed by atoms with E-state index in [0.29, 0.717) is 29.2 Å². The molecule has 0 saturated heterocycles. The van der Waals surface area contributed by atoms with E-state index in [-0.39, 0.29) is 11.8 Å². The molecule has 1 N–H and O–H groups in total. The van der Waals surface area contributed by atoms with Crippen LogP contribution in [0, 0.1) is 0 Å². The van der Waals surface area contributed by atoms with Crippen LogP contribution in [0.3, 0.4) is 0 Å². The van der Waals surface area contributed by atoms with Gasteiger partial charge in [-0.15, -0.1) is 11.8 Å². The molecule has 3 aromatic rings. The van der Waals surface area contributed by atoms with Crippen molar-refractivity contribution in [3.05, 3.63) is 89.1 Å². The number of carbonyl (C=O) groups excluding carboxylic acids is 2. The van der Waals surface area contributed by atoms with Crippen LogP contribution in [0.2, 0.25) is 0 Å². The van der Waals surface area contributed by atoms with E-state index in [1.165, 1.54) is 17.3 Å². The summed E-state index contributed by atoms with van der Waals surface area (Å²) in [6, 6.07) is 18.8. The number of anilines is 1. The minimum Gasteiger partial charge on any atom is -0.334 e. The molecule has 0 atom stereocenters. The van der Waals surface area contributed by atoms with Crippen LogP contribution in [-0.2, 0) is 13.0 Å². The molecule has 0 saturated carbocycles. The summed E-state index contributed by atoms with van der Waals surface area (Å²) in [6.45, 7) is 1.23. The van der Waals surface area contributed by atoms with E-state index < -0.39 is 0 Å². The fourth-order valence-corrected chi connectivity index (χ4v) is 4.04. The van der Waals surface area contributed by atoms with Gasteiger partial charge in [0.05, 0.1) is 5.56 Å². The maximum atomic E-state index is 12.8. The lowest BCUT2D eigenvalue weighted by atomic mass is 9.98. The molecule has 0 fully saturated rings. The predicted octanol–water partition coefficient (Wildman–Crippen LogP) is 4.25. The highest BCUT2D eigenvalue weighted by molar-refractivity contribution is 7.98. The van der Waals surface area contributed by atoms with E-state index in [4.69, 9.17) is 0 Å². The van der Waals surface area contributed by atoms with E-state index in [2.05, 4.69) is 10.3 Å². The van der Waals surface area contributed by atoms with Crippen molar-refractivity contribution in [2.24, 2.45) is 0 Å². The van der Waals surface area contributed by atoms with Gasteiger partial charge in [0.15, 0.2) is 0 Å². The molecule has 1 aliphatic heterocycles. The summed E-state index contributed by atoms with van der Waals surface area (Å²) in [6.07, 6.45) is 4.39. The van der Waals surface area contributed by atoms with Gasteiger partial charge < -0.3 is 10.2 Å². The van der Waals surface area contributed by atoms with Crippen LogP contribution in [0.25, 0.3) is 0 Å². The molecule has 5 nitrogen and oxygen atoms in total. The Hall–Kier alpha value is -3.12. The smallest absolute Gasteiger partial charge is 0.258 e. The summed E-state index contributed by atoms with van der Waals surface area (Å²) in [5, 5.41) is 3.66. The number of fused-ring (bicyclic) bond motifs is 1. The molecule has 0 bridgehead atoms. The summed E-state index contributed by atoms with van der Waals surface area (Å²) in [5.41, 5.74) is 4.25. The average Bonchev–Trinajstić information content (AvgIpc) is 2.78. The van der Waals surface area contributed by atoms with Crippen molar-refractivity contribution in [1.82, 2.24) is 9.88 Å². The first-order chi connectivity index (χ1) is 14.2. The maximum absolute atomic E-state index is 12.8. The van der Waals surface area contributed by atoms with E-state index in [1.54, 1.807) is 18.3 Å². The first-order valence-electron chi connectivity index (χ1n) is 9.42. The van der Waals surface area contributed by atoms with E-state index >= 15 is 0 Å². The quantitative estimate of drug-likeness (QED) is 0.662. The van der Waals surface area contributed by atoms with Gasteiger partial charge in [0.1, 0.15) is 5.03 Å². The first-order valence-corrected chi connectivity index (χ1v) is 10.6. The number of carbonyl (C=O) groups is 2. The van der Waals surface area contributed by atoms with Crippen molar-refractivity contribution < 1.29 is 9.59 Å². The molecule has 29 heavy (non-hydrogen) atoms. The number of benzene rings is 2. The van der Waals surface area contributed by atoms with Crippen LogP contribution < -0.4 is 5.32 Å². The normalized spacial score (nSPS) is 12.9. The topological polar surface area (TPSA) is 62.3 Å². The number of hydrogen-bond acceptors (Lipinski definition) is 4. The Balaban J connectivity index is 1.52. The lowest BCUT2D eigenvalue weighted by Gasteiger charge is -2.29. The Morgan fingerprint density at radius 3 is 2.66 bits per heavy atom. The molecule has 146 valence electrons. The molecule has 0 radical (unpaired) electrons. The van der Waals surface area contributed by atoms with E-state index in [9.17, 15) is 9.59 Å². The molecule has 2 aromatic carbocycles. The van der Waals surface area contributed by atoms with Gasteiger partial charge in [0, 0.05) is 30.5 Å². The van der Waals surface area contributed by atoms with Crippen molar-refractivity contribution in [2.75, 3.05) is 18.1 Å². The molecule has 0 unspecified atom stereocenters. The number of nitrogens with one attached hydrogen (secondary N) is 1. The van der Waals surface area contributed by atoms with Crippen LogP contribution in [0.5, 0.6) is 0 Å². The third-order valence-electron chi connectivity index (χ3n) is 4.99. The van der Waals surface area contributed by atoms with Gasteiger partial charge in [-0.05, 0) is 60.2 Å². The number of amides is 2. The van der Waals surface area contributed by atoms with Gasteiger partial charge in [0.25, 0.3) is 11.8 Å². The Bertz CT molecular complexity index is 1050. The molecule has 2 heterocycles. The Morgan fingerprint density at radius 2 is 1.86 bits per heavy atom. The molecular formula is C23H21N3O2S. The van der Waals surface area contributed by atoms with Gasteiger partial charge in [-0.25, -0.2) is 4.98 Å². The third-order valence-corrected chi connectivity index (χ3v) is 5.71. The summed E-state index contributed by atoms with van der Waals surface area (Å²) < 4.78 is 0. The number of aromatic nitrogens is 1. The van der Waals surface area contributed by atoms with E-state index in [0.717, 1.165) is 17.7 Å². The fraction of sp³-hybridized carbons (Fsp3) is 0.174. The van der Waals surface area contributed by atoms with Gasteiger partial charge in [-0.1, -0.05) is 24.3 Å². The molecule has 1 aliphatic rings. The van der Waals surface area contributed by atoms with Crippen LogP contribution >= 0.6 is 11.8 Å². The molecular weight excluding hydrogens is 382 g/mol.